The Morgan fingerprint density at radius 2 is 1.84 bits per heavy atom. The number of likely N-dealkylation sites (tertiary alicyclic amines) is 1. The molecule has 1 amide bonds. The van der Waals surface area contributed by atoms with Gasteiger partial charge in [-0.2, -0.15) is 0 Å². The van der Waals surface area contributed by atoms with Gasteiger partial charge in [0.05, 0.1) is 7.11 Å². The summed E-state index contributed by atoms with van der Waals surface area (Å²) in [5.41, 5.74) is 2.33. The lowest BCUT2D eigenvalue weighted by atomic mass is 9.89. The third-order valence-corrected chi connectivity index (χ3v) is 6.38. The molecular weight excluding hydrogens is 390 g/mol. The molecule has 2 aliphatic rings. The number of carbonyl (C=O) groups is 1. The quantitative estimate of drug-likeness (QED) is 0.667. The first-order chi connectivity index (χ1) is 15.2. The van der Waals surface area contributed by atoms with E-state index in [0.717, 1.165) is 49.7 Å². The maximum atomic E-state index is 12.8. The molecule has 0 spiro atoms. The number of ether oxygens (including phenoxy) is 1. The van der Waals surface area contributed by atoms with Gasteiger partial charge in [-0.3, -0.25) is 9.69 Å². The second kappa shape index (κ2) is 8.51. The van der Waals surface area contributed by atoms with Crippen LogP contribution >= 0.6 is 0 Å². The normalized spacial score (nSPS) is 20.2. The molecule has 31 heavy (non-hydrogen) atoms. The van der Waals surface area contributed by atoms with Gasteiger partial charge in [0.1, 0.15) is 11.6 Å². The number of fused-ring (bicyclic) bond motifs is 2. The van der Waals surface area contributed by atoms with E-state index in [-0.39, 0.29) is 5.91 Å². The van der Waals surface area contributed by atoms with E-state index in [2.05, 4.69) is 32.5 Å². The summed E-state index contributed by atoms with van der Waals surface area (Å²) >= 11 is 0. The summed E-state index contributed by atoms with van der Waals surface area (Å²) in [7, 11) is 1.70. The number of carbonyl (C=O) groups excluding carboxylic acids is 1. The lowest BCUT2D eigenvalue weighted by molar-refractivity contribution is 0.0932. The molecule has 0 aliphatic carbocycles. The van der Waals surface area contributed by atoms with Gasteiger partial charge in [0.25, 0.3) is 5.91 Å². The number of nitrogens with one attached hydrogen (secondary N) is 1. The summed E-state index contributed by atoms with van der Waals surface area (Å²) in [6, 6.07) is 18.2. The smallest absolute Gasteiger partial charge is 0.289 e. The summed E-state index contributed by atoms with van der Waals surface area (Å²) in [5, 5.41) is 11.5. The molecule has 1 fully saturated rings. The predicted molar refractivity (Wildman–Crippen MR) is 117 cm³/mol. The minimum Gasteiger partial charge on any atom is -0.497 e. The molecule has 3 heterocycles. The monoisotopic (exact) mass is 417 g/mol. The van der Waals surface area contributed by atoms with E-state index >= 15 is 0 Å². The summed E-state index contributed by atoms with van der Waals surface area (Å²) in [4.78, 5) is 15.3. The van der Waals surface area contributed by atoms with Gasteiger partial charge in [0.15, 0.2) is 0 Å². The molecule has 7 heteroatoms. The number of methoxy groups -OCH3 is 1. The van der Waals surface area contributed by atoms with Crippen LogP contribution in [0.3, 0.4) is 0 Å². The maximum Gasteiger partial charge on any atom is 0.289 e. The first-order valence-corrected chi connectivity index (χ1v) is 10.8. The van der Waals surface area contributed by atoms with Crippen molar-refractivity contribution < 1.29 is 9.53 Å². The van der Waals surface area contributed by atoms with Crippen molar-refractivity contribution in [1.29, 1.82) is 0 Å². The Morgan fingerprint density at radius 1 is 1.03 bits per heavy atom. The molecule has 2 unspecified atom stereocenters. The first-order valence-electron chi connectivity index (χ1n) is 10.8. The number of aromatic nitrogens is 3. The van der Waals surface area contributed by atoms with E-state index in [0.29, 0.717) is 24.2 Å². The second-order valence-electron chi connectivity index (χ2n) is 8.49. The molecule has 0 saturated carbocycles. The van der Waals surface area contributed by atoms with Crippen LogP contribution in [0.2, 0.25) is 0 Å². The molecule has 3 aromatic rings. The van der Waals surface area contributed by atoms with Crippen LogP contribution in [0.1, 0.15) is 27.6 Å². The van der Waals surface area contributed by atoms with Crippen molar-refractivity contribution in [3.8, 4) is 5.75 Å². The van der Waals surface area contributed by atoms with Crippen molar-refractivity contribution in [2.24, 2.45) is 11.8 Å². The minimum atomic E-state index is -0.160. The highest BCUT2D eigenvalue weighted by Crippen LogP contribution is 2.33. The van der Waals surface area contributed by atoms with E-state index in [4.69, 9.17) is 4.74 Å². The Kier molecular flexibility index (Phi) is 5.42. The van der Waals surface area contributed by atoms with Gasteiger partial charge in [-0.25, -0.2) is 0 Å². The molecule has 1 aromatic heterocycles. The molecule has 2 aliphatic heterocycles. The zero-order chi connectivity index (χ0) is 21.2. The lowest BCUT2D eigenvalue weighted by Gasteiger charge is -2.25. The number of rotatable bonds is 6. The van der Waals surface area contributed by atoms with Gasteiger partial charge in [-0.15, -0.1) is 10.2 Å². The molecule has 1 N–H and O–H groups in total. The zero-order valence-corrected chi connectivity index (χ0v) is 17.7. The average molecular weight is 418 g/mol. The number of hydrogen-bond donors (Lipinski definition) is 1. The summed E-state index contributed by atoms with van der Waals surface area (Å²) in [6.07, 6.45) is 0.873. The van der Waals surface area contributed by atoms with Crippen molar-refractivity contribution in [3.05, 3.63) is 77.4 Å². The Balaban J connectivity index is 1.23. The summed E-state index contributed by atoms with van der Waals surface area (Å²) in [6.45, 7) is 4.27. The van der Waals surface area contributed by atoms with Crippen LogP contribution in [0, 0.1) is 11.8 Å². The largest absolute Gasteiger partial charge is 0.497 e. The molecule has 1 saturated heterocycles. The molecule has 2 atom stereocenters. The maximum absolute atomic E-state index is 12.8. The van der Waals surface area contributed by atoms with Crippen LogP contribution in [0.15, 0.2) is 54.6 Å². The highest BCUT2D eigenvalue weighted by molar-refractivity contribution is 5.90. The fourth-order valence-corrected chi connectivity index (χ4v) is 4.80. The topological polar surface area (TPSA) is 72.3 Å². The fourth-order valence-electron chi connectivity index (χ4n) is 4.80. The molecule has 160 valence electrons. The number of hydrogen-bond acceptors (Lipinski definition) is 5. The van der Waals surface area contributed by atoms with Gasteiger partial charge >= 0.3 is 0 Å². The van der Waals surface area contributed by atoms with Crippen molar-refractivity contribution in [1.82, 2.24) is 25.0 Å². The lowest BCUT2D eigenvalue weighted by Crippen LogP contribution is -2.32. The molecular formula is C24H27N5O2. The SMILES string of the molecule is COc1cccc(CN2CC3Cc4nnc(C(=O)NCc5ccccc5)n4CC3C2)c1. The minimum absolute atomic E-state index is 0.160. The van der Waals surface area contributed by atoms with Crippen LogP contribution in [-0.2, 0) is 26.1 Å². The molecule has 2 aromatic carbocycles. The number of benzene rings is 2. The van der Waals surface area contributed by atoms with Gasteiger partial charge in [-0.05, 0) is 35.1 Å². The van der Waals surface area contributed by atoms with Gasteiger partial charge < -0.3 is 14.6 Å². The Hall–Kier alpha value is -3.19. The Labute approximate surface area is 182 Å². The van der Waals surface area contributed by atoms with Crippen molar-refractivity contribution in [3.63, 3.8) is 0 Å². The highest BCUT2D eigenvalue weighted by Gasteiger charge is 2.39. The van der Waals surface area contributed by atoms with Gasteiger partial charge in [0.2, 0.25) is 5.82 Å². The van der Waals surface area contributed by atoms with Crippen molar-refractivity contribution >= 4 is 5.91 Å². The van der Waals surface area contributed by atoms with E-state index in [1.54, 1.807) is 7.11 Å². The summed E-state index contributed by atoms with van der Waals surface area (Å²) in [5.74, 6) is 3.15. The Bertz CT molecular complexity index is 1060. The first kappa shape index (κ1) is 19.8. The van der Waals surface area contributed by atoms with Crippen LogP contribution in [-0.4, -0.2) is 45.8 Å². The molecule has 7 nitrogen and oxygen atoms in total. The van der Waals surface area contributed by atoms with Gasteiger partial charge in [0, 0.05) is 39.1 Å². The van der Waals surface area contributed by atoms with Crippen LogP contribution in [0.25, 0.3) is 0 Å². The van der Waals surface area contributed by atoms with E-state index in [1.165, 1.54) is 5.56 Å². The third-order valence-electron chi connectivity index (χ3n) is 6.38. The van der Waals surface area contributed by atoms with E-state index in [1.807, 2.05) is 47.0 Å². The average Bonchev–Trinajstić information content (AvgIpc) is 3.39. The third kappa shape index (κ3) is 4.18. The number of amides is 1. The van der Waals surface area contributed by atoms with Crippen molar-refractivity contribution in [2.75, 3.05) is 20.2 Å². The van der Waals surface area contributed by atoms with Crippen LogP contribution in [0.4, 0.5) is 0 Å². The predicted octanol–water partition coefficient (Wildman–Crippen LogP) is 2.52. The van der Waals surface area contributed by atoms with Crippen molar-refractivity contribution in [2.45, 2.75) is 26.1 Å². The van der Waals surface area contributed by atoms with Crippen LogP contribution < -0.4 is 10.1 Å². The zero-order valence-electron chi connectivity index (χ0n) is 17.7. The standard InChI is InChI=1S/C24H27N5O2/c1-31-21-9-5-8-18(10-21)13-28-14-19-11-22-26-27-23(29(22)16-20(19)15-28)24(30)25-12-17-6-3-2-4-7-17/h2-10,19-20H,11-16H2,1H3,(H,25,30). The second-order valence-corrected chi connectivity index (χ2v) is 8.49. The fraction of sp³-hybridized carbons (Fsp3) is 0.375. The summed E-state index contributed by atoms with van der Waals surface area (Å²) < 4.78 is 7.38. The molecule has 5 rings (SSSR count). The van der Waals surface area contributed by atoms with E-state index in [9.17, 15) is 4.79 Å². The molecule has 0 radical (unpaired) electrons. The Morgan fingerprint density at radius 3 is 2.68 bits per heavy atom. The molecule has 0 bridgehead atoms. The van der Waals surface area contributed by atoms with Gasteiger partial charge in [-0.1, -0.05) is 42.5 Å². The van der Waals surface area contributed by atoms with Crippen LogP contribution in [0.5, 0.6) is 5.75 Å². The number of nitrogens with zero attached hydrogens (tertiary/aromatic N) is 4. The highest BCUT2D eigenvalue weighted by atomic mass is 16.5. The van der Waals surface area contributed by atoms with E-state index < -0.39 is 0 Å².